The minimum Gasteiger partial charge on any atom is -0.478 e. The molecule has 0 aliphatic heterocycles. The summed E-state index contributed by atoms with van der Waals surface area (Å²) in [4.78, 5) is 23.3. The average Bonchev–Trinajstić information content (AvgIpc) is 2.97. The zero-order valence-corrected chi connectivity index (χ0v) is 12.1. The van der Waals surface area contributed by atoms with Crippen molar-refractivity contribution in [3.05, 3.63) is 36.4 Å². The monoisotopic (exact) mass is 317 g/mol. The van der Waals surface area contributed by atoms with Crippen molar-refractivity contribution in [1.82, 2.24) is 24.7 Å². The number of carboxylic acids is 1. The van der Waals surface area contributed by atoms with Crippen LogP contribution in [0.5, 0.6) is 0 Å². The molecule has 22 heavy (non-hydrogen) atoms. The highest BCUT2D eigenvalue weighted by atomic mass is 32.2. The van der Waals surface area contributed by atoms with Gasteiger partial charge in [-0.3, -0.25) is 0 Å². The van der Waals surface area contributed by atoms with Gasteiger partial charge in [-0.2, -0.15) is 9.78 Å². The highest BCUT2D eigenvalue weighted by Crippen LogP contribution is 2.25. The third-order valence-corrected chi connectivity index (χ3v) is 3.86. The van der Waals surface area contributed by atoms with Gasteiger partial charge in [-0.25, -0.2) is 19.7 Å². The summed E-state index contributed by atoms with van der Waals surface area (Å²) < 4.78 is 1.52. The number of carboxylic acid groups (broad SMARTS) is 1. The van der Waals surface area contributed by atoms with E-state index in [2.05, 4.69) is 20.1 Å². The summed E-state index contributed by atoms with van der Waals surface area (Å²) in [7, 11) is 0. The number of aromatic carboxylic acids is 1. The molecule has 8 nitrogen and oxygen atoms in total. The molecular formula is C13H11N5O3S. The van der Waals surface area contributed by atoms with Gasteiger partial charge in [0.25, 0.3) is 0 Å². The van der Waals surface area contributed by atoms with E-state index >= 15 is 0 Å². The number of hydrogen-bond donors (Lipinski definition) is 2. The zero-order valence-electron chi connectivity index (χ0n) is 11.2. The van der Waals surface area contributed by atoms with Crippen LogP contribution in [0.4, 0.5) is 0 Å². The quantitative estimate of drug-likeness (QED) is 0.529. The highest BCUT2D eigenvalue weighted by Gasteiger charge is 2.12. The van der Waals surface area contributed by atoms with Crippen LogP contribution in [0.1, 0.15) is 10.4 Å². The topological polar surface area (TPSA) is 114 Å². The van der Waals surface area contributed by atoms with Crippen molar-refractivity contribution in [2.75, 3.05) is 12.4 Å². The molecule has 3 heterocycles. The fraction of sp³-hybridized carbons (Fsp3) is 0.154. The SMILES string of the molecule is O=C(O)c1ccc(-n2ncc3c(SCCO)ncnc32)nc1. The maximum absolute atomic E-state index is 10.8. The van der Waals surface area contributed by atoms with Gasteiger partial charge in [-0.1, -0.05) is 0 Å². The number of pyridine rings is 1. The van der Waals surface area contributed by atoms with Gasteiger partial charge in [0, 0.05) is 11.9 Å². The molecular weight excluding hydrogens is 306 g/mol. The zero-order chi connectivity index (χ0) is 15.5. The van der Waals surface area contributed by atoms with Crippen LogP contribution in [0, 0.1) is 0 Å². The molecule has 0 bridgehead atoms. The number of aromatic nitrogens is 5. The molecule has 9 heteroatoms. The molecule has 2 N–H and O–H groups in total. The van der Waals surface area contributed by atoms with Crippen molar-refractivity contribution < 1.29 is 15.0 Å². The van der Waals surface area contributed by atoms with Crippen LogP contribution < -0.4 is 0 Å². The third kappa shape index (κ3) is 2.63. The van der Waals surface area contributed by atoms with Crippen molar-refractivity contribution in [2.24, 2.45) is 0 Å². The van der Waals surface area contributed by atoms with E-state index in [9.17, 15) is 4.79 Å². The lowest BCUT2D eigenvalue weighted by atomic mass is 10.3. The maximum atomic E-state index is 10.8. The minimum atomic E-state index is -1.03. The third-order valence-electron chi connectivity index (χ3n) is 2.87. The van der Waals surface area contributed by atoms with Crippen LogP contribution in [0.2, 0.25) is 0 Å². The van der Waals surface area contributed by atoms with Crippen molar-refractivity contribution in [3.63, 3.8) is 0 Å². The fourth-order valence-electron chi connectivity index (χ4n) is 1.89. The first kappa shape index (κ1) is 14.4. The Kier molecular flexibility index (Phi) is 3.98. The predicted molar refractivity (Wildman–Crippen MR) is 79.2 cm³/mol. The molecule has 3 rings (SSSR count). The molecule has 0 amide bonds. The van der Waals surface area contributed by atoms with E-state index in [0.717, 1.165) is 10.4 Å². The summed E-state index contributed by atoms with van der Waals surface area (Å²) in [5, 5.41) is 23.5. The Morgan fingerprint density at radius 2 is 2.09 bits per heavy atom. The number of carbonyl (C=O) groups is 1. The number of rotatable bonds is 5. The van der Waals surface area contributed by atoms with Crippen molar-refractivity contribution in [2.45, 2.75) is 5.03 Å². The first-order valence-electron chi connectivity index (χ1n) is 6.33. The summed E-state index contributed by atoms with van der Waals surface area (Å²) in [5.41, 5.74) is 0.681. The summed E-state index contributed by atoms with van der Waals surface area (Å²) in [5.74, 6) is -0.0331. The molecule has 0 unspecified atom stereocenters. The number of nitrogens with zero attached hydrogens (tertiary/aromatic N) is 5. The van der Waals surface area contributed by atoms with Crippen LogP contribution in [-0.4, -0.2) is 53.3 Å². The van der Waals surface area contributed by atoms with E-state index in [4.69, 9.17) is 10.2 Å². The normalized spacial score (nSPS) is 11.0. The lowest BCUT2D eigenvalue weighted by Gasteiger charge is -2.03. The molecule has 0 atom stereocenters. The van der Waals surface area contributed by atoms with Crippen LogP contribution in [-0.2, 0) is 0 Å². The van der Waals surface area contributed by atoms with Crippen molar-refractivity contribution >= 4 is 28.8 Å². The Morgan fingerprint density at radius 1 is 1.23 bits per heavy atom. The largest absolute Gasteiger partial charge is 0.478 e. The van der Waals surface area contributed by atoms with Gasteiger partial charge in [0.1, 0.15) is 11.4 Å². The minimum absolute atomic E-state index is 0.0580. The number of aliphatic hydroxyl groups is 1. The maximum Gasteiger partial charge on any atom is 0.337 e. The first-order chi connectivity index (χ1) is 10.7. The van der Waals surface area contributed by atoms with Crippen LogP contribution in [0.3, 0.4) is 0 Å². The number of aliphatic hydroxyl groups excluding tert-OH is 1. The molecule has 3 aromatic heterocycles. The lowest BCUT2D eigenvalue weighted by Crippen LogP contribution is -2.03. The molecule has 0 saturated heterocycles. The number of hydrogen-bond acceptors (Lipinski definition) is 7. The lowest BCUT2D eigenvalue weighted by molar-refractivity contribution is 0.0696. The van der Waals surface area contributed by atoms with Crippen LogP contribution in [0.15, 0.2) is 35.9 Å². The fourth-order valence-corrected chi connectivity index (χ4v) is 2.59. The van der Waals surface area contributed by atoms with E-state index in [1.54, 1.807) is 12.3 Å². The second kappa shape index (κ2) is 6.08. The number of thioether (sulfide) groups is 1. The second-order valence-electron chi connectivity index (χ2n) is 4.25. The molecule has 112 valence electrons. The Labute approximate surface area is 128 Å². The predicted octanol–water partition coefficient (Wildman–Crippen LogP) is 0.993. The molecule has 0 radical (unpaired) electrons. The van der Waals surface area contributed by atoms with Gasteiger partial charge in [0.15, 0.2) is 11.5 Å². The van der Waals surface area contributed by atoms with Crippen molar-refractivity contribution in [3.8, 4) is 5.82 Å². The highest BCUT2D eigenvalue weighted by molar-refractivity contribution is 7.99. The Hall–Kier alpha value is -2.52. The molecule has 0 spiro atoms. The molecule has 3 aromatic rings. The second-order valence-corrected chi connectivity index (χ2v) is 5.34. The van der Waals surface area contributed by atoms with E-state index in [0.29, 0.717) is 17.2 Å². The standard InChI is InChI=1S/C13H11N5O3S/c19-3-4-22-12-9-6-17-18(11(9)15-7-16-12)10-2-1-8(5-14-10)13(20)21/h1-2,5-7,19H,3-4H2,(H,20,21). The number of fused-ring (bicyclic) bond motifs is 1. The van der Waals surface area contributed by atoms with Crippen molar-refractivity contribution in [1.29, 1.82) is 0 Å². The van der Waals surface area contributed by atoms with Gasteiger partial charge in [-0.05, 0) is 12.1 Å². The summed E-state index contributed by atoms with van der Waals surface area (Å²) in [6.45, 7) is 0.0580. The molecule has 0 aliphatic carbocycles. The van der Waals surface area contributed by atoms with Gasteiger partial charge < -0.3 is 10.2 Å². The Bertz CT molecular complexity index is 818. The van der Waals surface area contributed by atoms with E-state index in [-0.39, 0.29) is 12.2 Å². The Morgan fingerprint density at radius 3 is 2.77 bits per heavy atom. The molecule has 0 fully saturated rings. The average molecular weight is 317 g/mol. The van der Waals surface area contributed by atoms with Gasteiger partial charge in [-0.15, -0.1) is 11.8 Å². The smallest absolute Gasteiger partial charge is 0.337 e. The van der Waals surface area contributed by atoms with E-state index < -0.39 is 5.97 Å². The van der Waals surface area contributed by atoms with Crippen LogP contribution >= 0.6 is 11.8 Å². The summed E-state index contributed by atoms with van der Waals surface area (Å²) in [6.07, 6.45) is 4.32. The first-order valence-corrected chi connectivity index (χ1v) is 7.31. The summed E-state index contributed by atoms with van der Waals surface area (Å²) in [6, 6.07) is 3.03. The van der Waals surface area contributed by atoms with Crippen LogP contribution in [0.25, 0.3) is 16.9 Å². The van der Waals surface area contributed by atoms with Gasteiger partial charge >= 0.3 is 5.97 Å². The summed E-state index contributed by atoms with van der Waals surface area (Å²) >= 11 is 1.41. The van der Waals surface area contributed by atoms with E-state index in [1.165, 1.54) is 35.0 Å². The molecule has 0 aromatic carbocycles. The molecule has 0 saturated carbocycles. The van der Waals surface area contributed by atoms with E-state index in [1.807, 2.05) is 0 Å². The van der Waals surface area contributed by atoms with Gasteiger partial charge in [0.2, 0.25) is 0 Å². The van der Waals surface area contributed by atoms with Gasteiger partial charge in [0.05, 0.1) is 23.8 Å². The Balaban J connectivity index is 2.02. The molecule has 0 aliphatic rings.